The highest BCUT2D eigenvalue weighted by Gasteiger charge is 2.54. The van der Waals surface area contributed by atoms with Crippen LogP contribution in [0.4, 0.5) is 26.3 Å². The van der Waals surface area contributed by atoms with Crippen LogP contribution in [0.2, 0.25) is 0 Å². The minimum Gasteiger partial charge on any atom is -0.458 e. The molecule has 42 heavy (non-hydrogen) atoms. The number of carbonyl (C=O) groups excluding carboxylic acids is 5. The maximum absolute atomic E-state index is 13.0. The zero-order valence-corrected chi connectivity index (χ0v) is 21.5. The van der Waals surface area contributed by atoms with Crippen LogP contribution >= 0.6 is 0 Å². The normalized spacial score (nSPS) is 19.3. The number of halogens is 6. The van der Waals surface area contributed by atoms with Crippen molar-refractivity contribution in [2.24, 2.45) is 0 Å². The molecule has 226 valence electrons. The van der Waals surface area contributed by atoms with Crippen LogP contribution in [0.25, 0.3) is 0 Å². The van der Waals surface area contributed by atoms with E-state index in [2.05, 4.69) is 0 Å². The molecule has 1 aliphatic rings. The molecule has 0 aromatic heterocycles. The van der Waals surface area contributed by atoms with Crippen molar-refractivity contribution in [2.75, 3.05) is 6.61 Å². The summed E-state index contributed by atoms with van der Waals surface area (Å²) in [5.41, 5.74) is -3.50. The summed E-state index contributed by atoms with van der Waals surface area (Å²) in [7, 11) is 0. The average molecular weight is 606 g/mol. The first kappa shape index (κ1) is 31.9. The van der Waals surface area contributed by atoms with Gasteiger partial charge in [-0.1, -0.05) is 12.1 Å². The number of benzene rings is 2. The van der Waals surface area contributed by atoms with Crippen LogP contribution in [0.5, 0.6) is 0 Å². The van der Waals surface area contributed by atoms with Gasteiger partial charge in [0.1, 0.15) is 6.61 Å². The fourth-order valence-corrected chi connectivity index (χ4v) is 3.78. The summed E-state index contributed by atoms with van der Waals surface area (Å²) < 4.78 is 103. The Bertz CT molecular complexity index is 1370. The molecule has 1 fully saturated rings. The maximum Gasteiger partial charge on any atom is 0.416 e. The van der Waals surface area contributed by atoms with E-state index in [4.69, 9.17) is 23.7 Å². The molecule has 0 radical (unpaired) electrons. The summed E-state index contributed by atoms with van der Waals surface area (Å²) in [4.78, 5) is 61.2. The maximum atomic E-state index is 13.0. The molecule has 2 aromatic carbocycles. The van der Waals surface area contributed by atoms with E-state index >= 15 is 0 Å². The molecule has 0 N–H and O–H groups in total. The molecule has 0 amide bonds. The molecule has 0 aliphatic carbocycles. The molecular formula is C26H20F6O10. The van der Waals surface area contributed by atoms with E-state index in [0.29, 0.717) is 24.3 Å². The van der Waals surface area contributed by atoms with Crippen LogP contribution < -0.4 is 0 Å². The predicted octanol–water partition coefficient (Wildman–Crippen LogP) is 3.90. The molecule has 10 nitrogen and oxygen atoms in total. The molecule has 0 unspecified atom stereocenters. The standard InChI is InChI=1S/C26H20F6O10/c1-12(33)39-18(11-38-22(35)14-5-3-7-16(9-14)25(27,28)29)19-20(40-13(2)34)21(24(37)41-19)42-23(36)15-6-4-8-17(10-15)26(30,31)32/h3-10,18-21H,11H2,1-2H3/t18-,19-,20+,21-/m1/s1. The van der Waals surface area contributed by atoms with Gasteiger partial charge in [0.15, 0.2) is 18.3 Å². The lowest BCUT2D eigenvalue weighted by Gasteiger charge is -2.26. The Labute approximate surface area is 232 Å². The molecule has 3 rings (SSSR count). The highest BCUT2D eigenvalue weighted by molar-refractivity contribution is 5.92. The molecule has 2 aromatic rings. The Morgan fingerprint density at radius 2 is 1.33 bits per heavy atom. The summed E-state index contributed by atoms with van der Waals surface area (Å²) in [6.07, 6.45) is -17.0. The van der Waals surface area contributed by atoms with Gasteiger partial charge in [0, 0.05) is 13.8 Å². The molecule has 1 aliphatic heterocycles. The van der Waals surface area contributed by atoms with E-state index in [1.807, 2.05) is 0 Å². The van der Waals surface area contributed by atoms with Crippen LogP contribution in [0.3, 0.4) is 0 Å². The summed E-state index contributed by atoms with van der Waals surface area (Å²) in [6, 6.07) is 6.18. The first-order valence-electron chi connectivity index (χ1n) is 11.7. The largest absolute Gasteiger partial charge is 0.458 e. The Morgan fingerprint density at radius 3 is 1.81 bits per heavy atom. The van der Waals surface area contributed by atoms with Gasteiger partial charge in [0.2, 0.25) is 6.10 Å². The van der Waals surface area contributed by atoms with Crippen molar-refractivity contribution in [2.45, 2.75) is 50.6 Å². The van der Waals surface area contributed by atoms with Crippen LogP contribution in [-0.4, -0.2) is 60.9 Å². The number of alkyl halides is 6. The van der Waals surface area contributed by atoms with E-state index in [9.17, 15) is 50.3 Å². The zero-order chi connectivity index (χ0) is 31.4. The van der Waals surface area contributed by atoms with Crippen molar-refractivity contribution in [1.29, 1.82) is 0 Å². The SMILES string of the molecule is CC(=O)O[C@H]1[C@@H]([C@@H](COC(=O)c2cccc(C(F)(F)F)c2)OC(C)=O)OC(=O)[C@@H]1OC(=O)c1cccc(C(F)(F)F)c1. The fourth-order valence-electron chi connectivity index (χ4n) is 3.78. The van der Waals surface area contributed by atoms with Gasteiger partial charge in [-0.15, -0.1) is 0 Å². The van der Waals surface area contributed by atoms with Gasteiger partial charge in [-0.05, 0) is 36.4 Å². The Morgan fingerprint density at radius 1 is 0.810 bits per heavy atom. The highest BCUT2D eigenvalue weighted by Crippen LogP contribution is 2.32. The summed E-state index contributed by atoms with van der Waals surface area (Å²) >= 11 is 0. The topological polar surface area (TPSA) is 132 Å². The highest BCUT2D eigenvalue weighted by atomic mass is 19.4. The third-order valence-electron chi connectivity index (χ3n) is 5.56. The van der Waals surface area contributed by atoms with E-state index in [0.717, 1.165) is 38.1 Å². The number of hydrogen-bond acceptors (Lipinski definition) is 10. The van der Waals surface area contributed by atoms with Crippen LogP contribution in [0.15, 0.2) is 48.5 Å². The summed E-state index contributed by atoms with van der Waals surface area (Å²) in [5, 5.41) is 0. The number of hydrogen-bond donors (Lipinski definition) is 0. The van der Waals surface area contributed by atoms with E-state index in [1.54, 1.807) is 0 Å². The molecule has 1 heterocycles. The molecule has 0 bridgehead atoms. The van der Waals surface area contributed by atoms with Crippen molar-refractivity contribution < 1.29 is 74.0 Å². The molecular weight excluding hydrogens is 586 g/mol. The van der Waals surface area contributed by atoms with E-state index in [-0.39, 0.29) is 0 Å². The number of rotatable bonds is 8. The second-order valence-electron chi connectivity index (χ2n) is 8.70. The zero-order valence-electron chi connectivity index (χ0n) is 21.5. The van der Waals surface area contributed by atoms with Gasteiger partial charge < -0.3 is 23.7 Å². The van der Waals surface area contributed by atoms with Crippen molar-refractivity contribution in [3.8, 4) is 0 Å². The van der Waals surface area contributed by atoms with Gasteiger partial charge in [0.25, 0.3) is 0 Å². The summed E-state index contributed by atoms with van der Waals surface area (Å²) in [6.45, 7) is 0.864. The Hall–Kier alpha value is -4.63. The van der Waals surface area contributed by atoms with E-state index < -0.39 is 95.5 Å². The first-order chi connectivity index (χ1) is 19.5. The Kier molecular flexibility index (Phi) is 9.48. The average Bonchev–Trinajstić information content (AvgIpc) is 3.19. The Balaban J connectivity index is 1.83. The quantitative estimate of drug-likeness (QED) is 0.248. The number of esters is 5. The second kappa shape index (κ2) is 12.5. The lowest BCUT2D eigenvalue weighted by atomic mass is 10.1. The third kappa shape index (κ3) is 7.98. The second-order valence-corrected chi connectivity index (χ2v) is 8.70. The molecule has 0 spiro atoms. The number of carbonyl (C=O) groups is 5. The lowest BCUT2D eigenvalue weighted by Crippen LogP contribution is -2.46. The van der Waals surface area contributed by atoms with Crippen LogP contribution in [0.1, 0.15) is 45.7 Å². The molecule has 4 atom stereocenters. The molecule has 0 saturated carbocycles. The fraction of sp³-hybridized carbons (Fsp3) is 0.346. The van der Waals surface area contributed by atoms with E-state index in [1.165, 1.54) is 0 Å². The van der Waals surface area contributed by atoms with Gasteiger partial charge in [-0.3, -0.25) is 9.59 Å². The monoisotopic (exact) mass is 606 g/mol. The van der Waals surface area contributed by atoms with Gasteiger partial charge in [0.05, 0.1) is 22.3 Å². The number of cyclic esters (lactones) is 1. The molecule has 16 heteroatoms. The van der Waals surface area contributed by atoms with Gasteiger partial charge >= 0.3 is 42.2 Å². The van der Waals surface area contributed by atoms with Crippen molar-refractivity contribution in [1.82, 2.24) is 0 Å². The lowest BCUT2D eigenvalue weighted by molar-refractivity contribution is -0.171. The smallest absolute Gasteiger partial charge is 0.416 e. The summed E-state index contributed by atoms with van der Waals surface area (Å²) in [5.74, 6) is -6.14. The van der Waals surface area contributed by atoms with Crippen LogP contribution in [-0.2, 0) is 50.4 Å². The third-order valence-corrected chi connectivity index (χ3v) is 5.56. The van der Waals surface area contributed by atoms with Gasteiger partial charge in [-0.2, -0.15) is 26.3 Å². The van der Waals surface area contributed by atoms with Crippen molar-refractivity contribution in [3.63, 3.8) is 0 Å². The first-order valence-corrected chi connectivity index (χ1v) is 11.7. The van der Waals surface area contributed by atoms with Gasteiger partial charge in [-0.25, -0.2) is 14.4 Å². The van der Waals surface area contributed by atoms with Crippen molar-refractivity contribution in [3.05, 3.63) is 70.8 Å². The predicted molar refractivity (Wildman–Crippen MR) is 123 cm³/mol. The number of ether oxygens (including phenoxy) is 5. The minimum atomic E-state index is -4.81. The van der Waals surface area contributed by atoms with Crippen LogP contribution in [0, 0.1) is 0 Å². The minimum absolute atomic E-state index is 0.454. The molecule has 1 saturated heterocycles. The van der Waals surface area contributed by atoms with Crippen molar-refractivity contribution >= 4 is 29.8 Å².